The first-order valence-corrected chi connectivity index (χ1v) is 18.2. The van der Waals surface area contributed by atoms with Crippen LogP contribution >= 0.6 is 0 Å². The van der Waals surface area contributed by atoms with E-state index < -0.39 is 52.1 Å². The second-order valence-electron chi connectivity index (χ2n) is 17.6. The number of hydrogen-bond acceptors (Lipinski definition) is 9. The largest absolute Gasteiger partial charge is 0.462 e. The van der Waals surface area contributed by atoms with E-state index in [1.54, 1.807) is 6.92 Å². The van der Waals surface area contributed by atoms with Crippen molar-refractivity contribution in [3.63, 3.8) is 0 Å². The minimum absolute atomic E-state index is 0.0000252. The monoisotopic (exact) mass is 642 g/mol. The molecule has 9 aliphatic rings. The van der Waals surface area contributed by atoms with Crippen LogP contribution in [0.3, 0.4) is 0 Å². The normalized spacial score (nSPS) is 44.3. The van der Waals surface area contributed by atoms with Gasteiger partial charge in [-0.3, -0.25) is 19.2 Å². The maximum Gasteiger partial charge on any atom is 0.312 e. The second kappa shape index (κ2) is 11.5. The van der Waals surface area contributed by atoms with Crippen LogP contribution in [0.1, 0.15) is 124 Å². The number of aliphatic hydroxyl groups is 1. The highest BCUT2D eigenvalue weighted by molar-refractivity contribution is 5.80. The van der Waals surface area contributed by atoms with Crippen molar-refractivity contribution in [2.45, 2.75) is 147 Å². The number of esters is 4. The Balaban J connectivity index is 1.06. The Labute approximate surface area is 273 Å². The van der Waals surface area contributed by atoms with Crippen molar-refractivity contribution in [2.75, 3.05) is 6.61 Å². The first-order chi connectivity index (χ1) is 21.7. The van der Waals surface area contributed by atoms with E-state index >= 15 is 0 Å². The lowest BCUT2D eigenvalue weighted by Gasteiger charge is -2.59. The van der Waals surface area contributed by atoms with E-state index in [0.717, 1.165) is 69.6 Å². The maximum absolute atomic E-state index is 14.2. The van der Waals surface area contributed by atoms with Gasteiger partial charge in [-0.2, -0.15) is 0 Å². The van der Waals surface area contributed by atoms with Crippen LogP contribution in [0, 0.1) is 52.8 Å². The Hall–Kier alpha value is -2.16. The van der Waals surface area contributed by atoms with Crippen molar-refractivity contribution < 1.29 is 43.2 Å². The lowest BCUT2D eigenvalue weighted by molar-refractivity contribution is -0.222. The Kier molecular flexibility index (Phi) is 8.08. The van der Waals surface area contributed by atoms with Gasteiger partial charge in [0, 0.05) is 6.42 Å². The maximum atomic E-state index is 14.2. The Bertz CT molecular complexity index is 1220. The molecule has 0 aromatic carbocycles. The molecular weight excluding hydrogens is 588 g/mol. The van der Waals surface area contributed by atoms with Gasteiger partial charge in [0.1, 0.15) is 23.9 Å². The van der Waals surface area contributed by atoms with Crippen LogP contribution in [-0.2, 0) is 38.1 Å². The SMILES string of the molecule is CCC(C)(CC(CC(C)C(=O)OC12CC3CC(CC(O)(C3)C1)C2)C(=O)OC1COC(=O)C1)C(=O)OC1(C)C2CC3CC(C2)CC1C3. The number of ether oxygens (including phenoxy) is 4. The highest BCUT2D eigenvalue weighted by Gasteiger charge is 2.60. The van der Waals surface area contributed by atoms with Gasteiger partial charge in [0.2, 0.25) is 0 Å². The number of hydrogen-bond donors (Lipinski definition) is 1. The zero-order valence-corrected chi connectivity index (χ0v) is 28.2. The molecule has 9 heteroatoms. The minimum Gasteiger partial charge on any atom is -0.462 e. The van der Waals surface area contributed by atoms with E-state index in [9.17, 15) is 24.3 Å². The molecule has 0 amide bonds. The molecule has 256 valence electrons. The number of carbonyl (C=O) groups is 4. The molecule has 1 saturated heterocycles. The Morgan fingerprint density at radius 3 is 2.09 bits per heavy atom. The number of cyclic esters (lactones) is 1. The van der Waals surface area contributed by atoms with Gasteiger partial charge >= 0.3 is 23.9 Å². The fourth-order valence-electron chi connectivity index (χ4n) is 11.7. The summed E-state index contributed by atoms with van der Waals surface area (Å²) in [5, 5.41) is 11.2. The van der Waals surface area contributed by atoms with Gasteiger partial charge in [-0.25, -0.2) is 0 Å². The highest BCUT2D eigenvalue weighted by Crippen LogP contribution is 2.61. The van der Waals surface area contributed by atoms with Gasteiger partial charge in [0.25, 0.3) is 0 Å². The molecule has 0 aromatic heterocycles. The fraction of sp³-hybridized carbons (Fsp3) is 0.892. The number of carbonyl (C=O) groups excluding carboxylic acids is 4. The average molecular weight is 643 g/mol. The quantitative estimate of drug-likeness (QED) is 0.224. The Morgan fingerprint density at radius 1 is 0.935 bits per heavy atom. The molecule has 1 N–H and O–H groups in total. The Morgan fingerprint density at radius 2 is 1.54 bits per heavy atom. The van der Waals surface area contributed by atoms with Gasteiger partial charge in [-0.05, 0) is 133 Å². The number of rotatable bonds is 11. The van der Waals surface area contributed by atoms with Crippen LogP contribution in [0.4, 0.5) is 0 Å². The van der Waals surface area contributed by atoms with Crippen molar-refractivity contribution >= 4 is 23.9 Å². The summed E-state index contributed by atoms with van der Waals surface area (Å²) in [6.45, 7) is 7.74. The van der Waals surface area contributed by atoms with Gasteiger partial charge in [0.15, 0.2) is 0 Å². The first kappa shape index (κ1) is 32.4. The van der Waals surface area contributed by atoms with Gasteiger partial charge in [-0.15, -0.1) is 0 Å². The van der Waals surface area contributed by atoms with E-state index in [1.165, 1.54) is 6.42 Å². The van der Waals surface area contributed by atoms with E-state index in [0.29, 0.717) is 36.5 Å². The van der Waals surface area contributed by atoms with Crippen molar-refractivity contribution in [2.24, 2.45) is 52.8 Å². The lowest BCUT2D eigenvalue weighted by Crippen LogP contribution is -2.60. The van der Waals surface area contributed by atoms with E-state index in [2.05, 4.69) is 6.92 Å². The molecule has 1 heterocycles. The van der Waals surface area contributed by atoms with Crippen molar-refractivity contribution in [3.05, 3.63) is 0 Å². The molecule has 9 fully saturated rings. The summed E-state index contributed by atoms with van der Waals surface area (Å²) < 4.78 is 23.6. The van der Waals surface area contributed by atoms with Crippen LogP contribution in [-0.4, -0.2) is 58.5 Å². The molecular formula is C37H54O9. The van der Waals surface area contributed by atoms with E-state index in [1.807, 2.05) is 13.8 Å². The topological polar surface area (TPSA) is 125 Å². The first-order valence-electron chi connectivity index (χ1n) is 18.2. The van der Waals surface area contributed by atoms with Gasteiger partial charge < -0.3 is 24.1 Å². The van der Waals surface area contributed by atoms with Crippen LogP contribution < -0.4 is 0 Å². The molecule has 8 saturated carbocycles. The molecule has 0 radical (unpaired) electrons. The smallest absolute Gasteiger partial charge is 0.312 e. The summed E-state index contributed by atoms with van der Waals surface area (Å²) in [7, 11) is 0. The predicted octanol–water partition coefficient (Wildman–Crippen LogP) is 5.68. The van der Waals surface area contributed by atoms with Crippen LogP contribution in [0.15, 0.2) is 0 Å². The molecule has 8 aliphatic carbocycles. The molecule has 46 heavy (non-hydrogen) atoms. The molecule has 6 atom stereocenters. The van der Waals surface area contributed by atoms with Crippen molar-refractivity contribution in [3.8, 4) is 0 Å². The summed E-state index contributed by atoms with van der Waals surface area (Å²) >= 11 is 0. The van der Waals surface area contributed by atoms with Gasteiger partial charge in [-0.1, -0.05) is 13.8 Å². The third-order valence-corrected chi connectivity index (χ3v) is 13.8. The van der Waals surface area contributed by atoms with Crippen LogP contribution in [0.5, 0.6) is 0 Å². The van der Waals surface area contributed by atoms with E-state index in [-0.39, 0.29) is 37.8 Å². The van der Waals surface area contributed by atoms with Crippen molar-refractivity contribution in [1.29, 1.82) is 0 Å². The zero-order chi connectivity index (χ0) is 32.6. The zero-order valence-electron chi connectivity index (χ0n) is 28.2. The average Bonchev–Trinajstić information content (AvgIpc) is 3.37. The van der Waals surface area contributed by atoms with E-state index in [4.69, 9.17) is 18.9 Å². The summed E-state index contributed by atoms with van der Waals surface area (Å²) in [4.78, 5) is 53.3. The molecule has 9 rings (SSSR count). The molecule has 6 unspecified atom stereocenters. The van der Waals surface area contributed by atoms with Crippen molar-refractivity contribution in [1.82, 2.24) is 0 Å². The second-order valence-corrected chi connectivity index (χ2v) is 17.6. The molecule has 1 aliphatic heterocycles. The van der Waals surface area contributed by atoms with Crippen LogP contribution in [0.2, 0.25) is 0 Å². The fourth-order valence-corrected chi connectivity index (χ4v) is 11.7. The lowest BCUT2D eigenvalue weighted by atomic mass is 9.50. The summed E-state index contributed by atoms with van der Waals surface area (Å²) in [5.41, 5.74) is -2.84. The summed E-state index contributed by atoms with van der Waals surface area (Å²) in [6.07, 6.45) is 10.6. The molecule has 0 aromatic rings. The molecule has 0 spiro atoms. The van der Waals surface area contributed by atoms with Crippen LogP contribution in [0.25, 0.3) is 0 Å². The summed E-state index contributed by atoms with van der Waals surface area (Å²) in [6, 6.07) is 0. The standard InChI is InChI=1S/C37H54O9/c1-5-34(3,33(41)46-35(4)27-9-22-7-23(11-27)12-28(35)10-22)18-26(32(40)44-29-13-30(38)43-19-29)6-21(2)31(39)45-37-16-24-8-25(17-37)15-36(42,14-24)20-37/h21-29,42H,5-20H2,1-4H3. The molecule has 9 nitrogen and oxygen atoms in total. The summed E-state index contributed by atoms with van der Waals surface area (Å²) in [5.74, 6) is 0.0304. The highest BCUT2D eigenvalue weighted by atomic mass is 16.6. The molecule has 8 bridgehead atoms. The minimum atomic E-state index is -0.962. The van der Waals surface area contributed by atoms with Gasteiger partial charge in [0.05, 0.1) is 29.3 Å². The predicted molar refractivity (Wildman–Crippen MR) is 166 cm³/mol. The third-order valence-electron chi connectivity index (χ3n) is 13.8. The third kappa shape index (κ3) is 5.89.